The summed E-state index contributed by atoms with van der Waals surface area (Å²) in [5.41, 5.74) is 3.99. The second kappa shape index (κ2) is 3.23. The Bertz CT molecular complexity index is 356. The van der Waals surface area contributed by atoms with Crippen LogP contribution < -0.4 is 0 Å². The summed E-state index contributed by atoms with van der Waals surface area (Å²) in [6, 6.07) is 0. The van der Waals surface area contributed by atoms with E-state index in [1.165, 1.54) is 0 Å². The van der Waals surface area contributed by atoms with Gasteiger partial charge in [-0.05, 0) is 31.1 Å². The molecule has 0 saturated carbocycles. The lowest BCUT2D eigenvalue weighted by molar-refractivity contribution is 1.18. The van der Waals surface area contributed by atoms with Gasteiger partial charge in [0.1, 0.15) is 0 Å². The van der Waals surface area contributed by atoms with Crippen molar-refractivity contribution in [3.8, 4) is 12.3 Å². The summed E-state index contributed by atoms with van der Waals surface area (Å²) in [6.07, 6.45) is 8.74. The average Bonchev–Trinajstić information content (AvgIpc) is 2.10. The molecule has 0 fully saturated rings. The monoisotopic (exact) mass is 157 g/mol. The fourth-order valence-electron chi connectivity index (χ4n) is 1.07. The smallest absolute Gasteiger partial charge is 0.0656 e. The van der Waals surface area contributed by atoms with Crippen LogP contribution in [0.15, 0.2) is 12.8 Å². The van der Waals surface area contributed by atoms with Crippen LogP contribution in [0.3, 0.4) is 0 Å². The standard InChI is InChI=1S/C11H11N/c1-5-10-7-12-11(6-2)9(4)8(10)3/h1,6-7H,2H2,3-4H3. The molecule has 1 heterocycles. The lowest BCUT2D eigenvalue weighted by Gasteiger charge is -2.05. The zero-order chi connectivity index (χ0) is 9.14. The van der Waals surface area contributed by atoms with E-state index in [1.54, 1.807) is 12.3 Å². The maximum atomic E-state index is 5.30. The highest BCUT2D eigenvalue weighted by Crippen LogP contribution is 2.14. The molecule has 0 aromatic carbocycles. The van der Waals surface area contributed by atoms with Crippen LogP contribution in [0.25, 0.3) is 6.08 Å². The van der Waals surface area contributed by atoms with Gasteiger partial charge in [-0.2, -0.15) is 0 Å². The first kappa shape index (κ1) is 8.55. The van der Waals surface area contributed by atoms with Gasteiger partial charge >= 0.3 is 0 Å². The van der Waals surface area contributed by atoms with E-state index >= 15 is 0 Å². The van der Waals surface area contributed by atoms with Crippen molar-refractivity contribution in [1.82, 2.24) is 4.98 Å². The van der Waals surface area contributed by atoms with Gasteiger partial charge in [0.05, 0.1) is 5.69 Å². The fraction of sp³-hybridized carbons (Fsp3) is 0.182. The predicted molar refractivity (Wildman–Crippen MR) is 51.7 cm³/mol. The molecule has 0 aliphatic heterocycles. The van der Waals surface area contributed by atoms with Crippen molar-refractivity contribution in [2.75, 3.05) is 0 Å². The molecule has 0 amide bonds. The topological polar surface area (TPSA) is 12.9 Å². The zero-order valence-corrected chi connectivity index (χ0v) is 7.39. The molecule has 0 spiro atoms. The Hall–Kier alpha value is -1.55. The van der Waals surface area contributed by atoms with E-state index in [2.05, 4.69) is 17.5 Å². The quantitative estimate of drug-likeness (QED) is 0.570. The van der Waals surface area contributed by atoms with Crippen molar-refractivity contribution in [2.24, 2.45) is 0 Å². The third-order valence-electron chi connectivity index (χ3n) is 2.03. The van der Waals surface area contributed by atoms with Crippen LogP contribution in [-0.4, -0.2) is 4.98 Å². The Balaban J connectivity index is 3.41. The summed E-state index contributed by atoms with van der Waals surface area (Å²) < 4.78 is 0. The van der Waals surface area contributed by atoms with Crippen LogP contribution in [-0.2, 0) is 0 Å². The molecule has 1 aromatic rings. The molecule has 0 atom stereocenters. The molecule has 1 heteroatoms. The van der Waals surface area contributed by atoms with Crippen molar-refractivity contribution in [3.63, 3.8) is 0 Å². The first-order valence-electron chi connectivity index (χ1n) is 3.76. The van der Waals surface area contributed by atoms with Crippen molar-refractivity contribution in [3.05, 3.63) is 35.2 Å². The SMILES string of the molecule is C#Cc1cnc(C=C)c(C)c1C. The molecule has 1 nitrogen and oxygen atoms in total. The molecule has 0 aliphatic rings. The minimum absolute atomic E-state index is 0.859. The first-order chi connectivity index (χ1) is 5.70. The molecule has 0 unspecified atom stereocenters. The van der Waals surface area contributed by atoms with E-state index in [0.717, 1.165) is 22.4 Å². The molecule has 60 valence electrons. The molecule has 1 rings (SSSR count). The van der Waals surface area contributed by atoms with Crippen LogP contribution in [0.5, 0.6) is 0 Å². The van der Waals surface area contributed by atoms with Gasteiger partial charge in [0, 0.05) is 11.8 Å². The molecular formula is C11H11N. The number of terminal acetylenes is 1. The van der Waals surface area contributed by atoms with E-state index in [4.69, 9.17) is 6.42 Å². The summed E-state index contributed by atoms with van der Waals surface area (Å²) in [6.45, 7) is 7.67. The lowest BCUT2D eigenvalue weighted by Crippen LogP contribution is -1.93. The van der Waals surface area contributed by atoms with Crippen LogP contribution in [0.2, 0.25) is 0 Å². The Morgan fingerprint density at radius 2 is 2.17 bits per heavy atom. The van der Waals surface area contributed by atoms with Crippen LogP contribution in [0, 0.1) is 26.2 Å². The van der Waals surface area contributed by atoms with Gasteiger partial charge in [-0.25, -0.2) is 0 Å². The molecule has 0 saturated heterocycles. The van der Waals surface area contributed by atoms with Gasteiger partial charge in [-0.15, -0.1) is 6.42 Å². The second-order valence-corrected chi connectivity index (χ2v) is 2.66. The Kier molecular flexibility index (Phi) is 2.30. The third-order valence-corrected chi connectivity index (χ3v) is 2.03. The lowest BCUT2D eigenvalue weighted by atomic mass is 10.0. The number of hydrogen-bond donors (Lipinski definition) is 0. The summed E-state index contributed by atoms with van der Waals surface area (Å²) in [7, 11) is 0. The van der Waals surface area contributed by atoms with Gasteiger partial charge in [0.25, 0.3) is 0 Å². The molecule has 0 radical (unpaired) electrons. The molecule has 0 bridgehead atoms. The van der Waals surface area contributed by atoms with Gasteiger partial charge in [0.15, 0.2) is 0 Å². The van der Waals surface area contributed by atoms with E-state index in [0.29, 0.717) is 0 Å². The van der Waals surface area contributed by atoms with E-state index in [-0.39, 0.29) is 0 Å². The van der Waals surface area contributed by atoms with Crippen molar-refractivity contribution >= 4 is 6.08 Å². The van der Waals surface area contributed by atoms with Crippen molar-refractivity contribution < 1.29 is 0 Å². The minimum atomic E-state index is 0.859. The van der Waals surface area contributed by atoms with E-state index in [9.17, 15) is 0 Å². The van der Waals surface area contributed by atoms with Gasteiger partial charge in [-0.1, -0.05) is 12.5 Å². The Labute approximate surface area is 73.2 Å². The predicted octanol–water partition coefficient (Wildman–Crippen LogP) is 2.32. The molecular weight excluding hydrogens is 146 g/mol. The number of aromatic nitrogens is 1. The fourth-order valence-corrected chi connectivity index (χ4v) is 1.07. The van der Waals surface area contributed by atoms with Gasteiger partial charge in [-0.3, -0.25) is 4.98 Å². The summed E-state index contributed by atoms with van der Waals surface area (Å²) in [5.74, 6) is 2.59. The van der Waals surface area contributed by atoms with Crippen LogP contribution in [0.4, 0.5) is 0 Å². The maximum absolute atomic E-state index is 5.30. The highest BCUT2D eigenvalue weighted by molar-refractivity contribution is 5.53. The van der Waals surface area contributed by atoms with Gasteiger partial charge < -0.3 is 0 Å². The Morgan fingerprint density at radius 3 is 2.67 bits per heavy atom. The van der Waals surface area contributed by atoms with Crippen LogP contribution >= 0.6 is 0 Å². The average molecular weight is 157 g/mol. The number of pyridine rings is 1. The zero-order valence-electron chi connectivity index (χ0n) is 7.39. The maximum Gasteiger partial charge on any atom is 0.0656 e. The second-order valence-electron chi connectivity index (χ2n) is 2.66. The molecule has 0 aliphatic carbocycles. The number of nitrogens with zero attached hydrogens (tertiary/aromatic N) is 1. The molecule has 1 aromatic heterocycles. The van der Waals surface area contributed by atoms with E-state index < -0.39 is 0 Å². The molecule has 0 N–H and O–H groups in total. The van der Waals surface area contributed by atoms with Crippen molar-refractivity contribution in [2.45, 2.75) is 13.8 Å². The molecule has 12 heavy (non-hydrogen) atoms. The first-order valence-corrected chi connectivity index (χ1v) is 3.76. The third kappa shape index (κ3) is 1.24. The number of rotatable bonds is 1. The van der Waals surface area contributed by atoms with Crippen LogP contribution in [0.1, 0.15) is 22.4 Å². The number of hydrogen-bond acceptors (Lipinski definition) is 1. The van der Waals surface area contributed by atoms with E-state index in [1.807, 2.05) is 13.8 Å². The normalized spacial score (nSPS) is 9.08. The summed E-state index contributed by atoms with van der Waals surface area (Å²) >= 11 is 0. The summed E-state index contributed by atoms with van der Waals surface area (Å²) in [5, 5.41) is 0. The summed E-state index contributed by atoms with van der Waals surface area (Å²) in [4.78, 5) is 4.17. The Morgan fingerprint density at radius 1 is 1.50 bits per heavy atom. The van der Waals surface area contributed by atoms with Crippen molar-refractivity contribution in [1.29, 1.82) is 0 Å². The van der Waals surface area contributed by atoms with Gasteiger partial charge in [0.2, 0.25) is 0 Å². The minimum Gasteiger partial charge on any atom is -0.255 e. The highest BCUT2D eigenvalue weighted by atomic mass is 14.7. The largest absolute Gasteiger partial charge is 0.255 e. The highest BCUT2D eigenvalue weighted by Gasteiger charge is 2.02.